The minimum absolute atomic E-state index is 0.155. The molecule has 2 aromatic carbocycles. The smallest absolute Gasteiger partial charge is 0.363 e. The van der Waals surface area contributed by atoms with Crippen LogP contribution in [-0.2, 0) is 14.3 Å². The van der Waals surface area contributed by atoms with Crippen LogP contribution in [0.15, 0.2) is 57.6 Å². The minimum atomic E-state index is -0.555. The van der Waals surface area contributed by atoms with Crippen molar-refractivity contribution in [1.29, 1.82) is 0 Å². The van der Waals surface area contributed by atoms with Crippen LogP contribution in [-0.4, -0.2) is 24.9 Å². The average Bonchev–Trinajstić information content (AvgIpc) is 2.94. The zero-order valence-electron chi connectivity index (χ0n) is 14.0. The van der Waals surface area contributed by atoms with E-state index in [4.69, 9.17) is 14.2 Å². The number of methoxy groups -OCH3 is 1. The first-order valence-electron chi connectivity index (χ1n) is 7.61. The zero-order valence-corrected chi connectivity index (χ0v) is 15.6. The Morgan fingerprint density at radius 2 is 2.00 bits per heavy atom. The molecule has 2 aromatic rings. The van der Waals surface area contributed by atoms with E-state index in [1.165, 1.54) is 6.92 Å². The first-order valence-corrected chi connectivity index (χ1v) is 8.40. The normalized spacial score (nSPS) is 14.8. The van der Waals surface area contributed by atoms with E-state index < -0.39 is 11.9 Å². The van der Waals surface area contributed by atoms with Gasteiger partial charge in [-0.2, -0.15) is 0 Å². The van der Waals surface area contributed by atoms with Crippen molar-refractivity contribution in [2.75, 3.05) is 7.11 Å². The molecule has 0 saturated carbocycles. The number of aliphatic imine (C=N–C) groups is 1. The second-order valence-corrected chi connectivity index (χ2v) is 6.20. The van der Waals surface area contributed by atoms with Gasteiger partial charge < -0.3 is 14.2 Å². The number of nitrogens with zero attached hydrogens (tertiary/aromatic N) is 1. The van der Waals surface area contributed by atoms with Gasteiger partial charge in [0.15, 0.2) is 5.70 Å². The topological polar surface area (TPSA) is 74.2 Å². The molecular formula is C19H14BrNO5. The highest BCUT2D eigenvalue weighted by atomic mass is 79.9. The average molecular weight is 416 g/mol. The molecule has 0 aliphatic carbocycles. The summed E-state index contributed by atoms with van der Waals surface area (Å²) >= 11 is 3.42. The van der Waals surface area contributed by atoms with Gasteiger partial charge in [-0.05, 0) is 57.9 Å². The second kappa shape index (κ2) is 7.53. The molecule has 132 valence electrons. The van der Waals surface area contributed by atoms with Crippen molar-refractivity contribution in [2.24, 2.45) is 4.99 Å². The van der Waals surface area contributed by atoms with Crippen molar-refractivity contribution in [3.63, 3.8) is 0 Å². The van der Waals surface area contributed by atoms with Crippen molar-refractivity contribution >= 4 is 39.8 Å². The van der Waals surface area contributed by atoms with Gasteiger partial charge in [0.1, 0.15) is 11.5 Å². The fraction of sp³-hybridized carbons (Fsp3) is 0.105. The Morgan fingerprint density at radius 3 is 2.69 bits per heavy atom. The lowest BCUT2D eigenvalue weighted by atomic mass is 10.2. The second-order valence-electron chi connectivity index (χ2n) is 5.35. The number of ether oxygens (including phenoxy) is 3. The highest BCUT2D eigenvalue weighted by Crippen LogP contribution is 2.27. The predicted octanol–water partition coefficient (Wildman–Crippen LogP) is 3.73. The molecule has 0 spiro atoms. The first-order chi connectivity index (χ1) is 12.5. The maximum Gasteiger partial charge on any atom is 0.363 e. The fourth-order valence-corrected chi connectivity index (χ4v) is 2.84. The van der Waals surface area contributed by atoms with Crippen molar-refractivity contribution in [3.8, 4) is 11.5 Å². The largest absolute Gasteiger partial charge is 0.497 e. The van der Waals surface area contributed by atoms with Gasteiger partial charge in [-0.15, -0.1) is 0 Å². The van der Waals surface area contributed by atoms with Crippen molar-refractivity contribution < 1.29 is 23.8 Å². The molecular weight excluding hydrogens is 402 g/mol. The predicted molar refractivity (Wildman–Crippen MR) is 99.1 cm³/mol. The van der Waals surface area contributed by atoms with Gasteiger partial charge in [0.25, 0.3) is 0 Å². The standard InChI is InChI=1S/C19H14BrNO5/c1-11(22)25-14-5-3-4-12(8-14)9-17-19(23)26-18(21-17)15-7-6-13(24-2)10-16(15)20/h3-10H,1-2H3. The molecule has 0 bridgehead atoms. The Bertz CT molecular complexity index is 949. The summed E-state index contributed by atoms with van der Waals surface area (Å²) in [5, 5.41) is 0. The number of hydrogen-bond donors (Lipinski definition) is 0. The summed E-state index contributed by atoms with van der Waals surface area (Å²) in [6.45, 7) is 1.32. The van der Waals surface area contributed by atoms with Crippen LogP contribution in [0.2, 0.25) is 0 Å². The maximum absolute atomic E-state index is 12.1. The summed E-state index contributed by atoms with van der Waals surface area (Å²) in [5.41, 5.74) is 1.45. The Labute approximate surface area is 158 Å². The maximum atomic E-state index is 12.1. The van der Waals surface area contributed by atoms with Crippen LogP contribution in [0.4, 0.5) is 0 Å². The molecule has 0 amide bonds. The third-order valence-electron chi connectivity index (χ3n) is 3.45. The number of benzene rings is 2. The summed E-state index contributed by atoms with van der Waals surface area (Å²) in [6.07, 6.45) is 1.57. The number of esters is 2. The Hall–Kier alpha value is -2.93. The number of cyclic esters (lactones) is 1. The van der Waals surface area contributed by atoms with Crippen LogP contribution >= 0.6 is 15.9 Å². The van der Waals surface area contributed by atoms with Gasteiger partial charge in [0.05, 0.1) is 12.7 Å². The molecule has 26 heavy (non-hydrogen) atoms. The van der Waals surface area contributed by atoms with Crippen LogP contribution in [0.25, 0.3) is 6.08 Å². The van der Waals surface area contributed by atoms with Gasteiger partial charge in [0, 0.05) is 11.4 Å². The monoisotopic (exact) mass is 415 g/mol. The number of rotatable bonds is 4. The molecule has 0 aromatic heterocycles. The fourth-order valence-electron chi connectivity index (χ4n) is 2.31. The van der Waals surface area contributed by atoms with Crippen LogP contribution in [0.3, 0.4) is 0 Å². The molecule has 1 aliphatic heterocycles. The highest BCUT2D eigenvalue weighted by Gasteiger charge is 2.25. The van der Waals surface area contributed by atoms with Gasteiger partial charge in [-0.1, -0.05) is 12.1 Å². The molecule has 0 atom stereocenters. The van der Waals surface area contributed by atoms with E-state index in [2.05, 4.69) is 20.9 Å². The lowest BCUT2D eigenvalue weighted by Crippen LogP contribution is -2.06. The first kappa shape index (κ1) is 17.9. The molecule has 0 saturated heterocycles. The summed E-state index contributed by atoms with van der Waals surface area (Å²) in [4.78, 5) is 27.4. The lowest BCUT2D eigenvalue weighted by Gasteiger charge is -2.05. The van der Waals surface area contributed by atoms with Crippen molar-refractivity contribution in [3.05, 3.63) is 63.8 Å². The molecule has 6 nitrogen and oxygen atoms in total. The van der Waals surface area contributed by atoms with E-state index >= 15 is 0 Å². The van der Waals surface area contributed by atoms with E-state index in [1.54, 1.807) is 55.7 Å². The molecule has 1 heterocycles. The summed E-state index contributed by atoms with van der Waals surface area (Å²) in [6, 6.07) is 12.0. The van der Waals surface area contributed by atoms with Gasteiger partial charge >= 0.3 is 11.9 Å². The molecule has 1 aliphatic rings. The quantitative estimate of drug-likeness (QED) is 0.432. The minimum Gasteiger partial charge on any atom is -0.497 e. The third kappa shape index (κ3) is 4.00. The van der Waals surface area contributed by atoms with Crippen LogP contribution < -0.4 is 9.47 Å². The highest BCUT2D eigenvalue weighted by molar-refractivity contribution is 9.10. The van der Waals surface area contributed by atoms with Crippen molar-refractivity contribution in [2.45, 2.75) is 6.92 Å². The lowest BCUT2D eigenvalue weighted by molar-refractivity contribution is -0.132. The SMILES string of the molecule is COc1ccc(C2=NC(=Cc3cccc(OC(C)=O)c3)C(=O)O2)c(Br)c1. The molecule has 0 N–H and O–H groups in total. The Balaban J connectivity index is 1.91. The Kier molecular flexibility index (Phi) is 5.18. The third-order valence-corrected chi connectivity index (χ3v) is 4.11. The van der Waals surface area contributed by atoms with E-state index in [1.807, 2.05) is 0 Å². The number of halogens is 1. The summed E-state index contributed by atoms with van der Waals surface area (Å²) < 4.78 is 16.1. The molecule has 0 fully saturated rings. The summed E-state index contributed by atoms with van der Waals surface area (Å²) in [7, 11) is 1.57. The van der Waals surface area contributed by atoms with E-state index in [-0.39, 0.29) is 11.6 Å². The van der Waals surface area contributed by atoms with E-state index in [0.717, 1.165) is 0 Å². The van der Waals surface area contributed by atoms with Crippen molar-refractivity contribution in [1.82, 2.24) is 0 Å². The van der Waals surface area contributed by atoms with Crippen LogP contribution in [0, 0.1) is 0 Å². The van der Waals surface area contributed by atoms with E-state index in [0.29, 0.717) is 27.1 Å². The van der Waals surface area contributed by atoms with Gasteiger partial charge in [-0.25, -0.2) is 9.79 Å². The van der Waals surface area contributed by atoms with Gasteiger partial charge in [0.2, 0.25) is 5.90 Å². The number of carbonyl (C=O) groups is 2. The zero-order chi connectivity index (χ0) is 18.7. The molecule has 3 rings (SSSR count). The number of carbonyl (C=O) groups excluding carboxylic acids is 2. The summed E-state index contributed by atoms with van der Waals surface area (Å²) in [5.74, 6) is 0.288. The van der Waals surface area contributed by atoms with E-state index in [9.17, 15) is 9.59 Å². The van der Waals surface area contributed by atoms with Gasteiger partial charge in [-0.3, -0.25) is 4.79 Å². The molecule has 0 radical (unpaired) electrons. The van der Waals surface area contributed by atoms with Crippen LogP contribution in [0.1, 0.15) is 18.1 Å². The Morgan fingerprint density at radius 1 is 1.19 bits per heavy atom. The molecule has 7 heteroatoms. The molecule has 0 unspecified atom stereocenters. The number of hydrogen-bond acceptors (Lipinski definition) is 6. The van der Waals surface area contributed by atoms with Crippen LogP contribution in [0.5, 0.6) is 11.5 Å².